The molecule has 0 spiro atoms. The van der Waals surface area contributed by atoms with Crippen molar-refractivity contribution >= 4 is 11.9 Å². The highest BCUT2D eigenvalue weighted by atomic mass is 19.4. The van der Waals surface area contributed by atoms with Crippen LogP contribution in [0.25, 0.3) is 16.7 Å². The van der Waals surface area contributed by atoms with Crippen LogP contribution >= 0.6 is 0 Å². The standard InChI is InChI=1S/C24H25F3O/c1-15(2)19-10-9-17(4)23-20(14-19)18(5)13-21(23)22(24(25,26)27)8-6-7-16(3)11-12-28/h6-15H,1-5H3. The summed E-state index contributed by atoms with van der Waals surface area (Å²) >= 11 is 0. The van der Waals surface area contributed by atoms with Crippen LogP contribution in [0.1, 0.15) is 48.9 Å². The molecule has 0 heterocycles. The number of aldehydes is 1. The number of halogens is 3. The van der Waals surface area contributed by atoms with Crippen molar-refractivity contribution in [3.05, 3.63) is 76.4 Å². The Morgan fingerprint density at radius 2 is 1.71 bits per heavy atom. The third-order valence-electron chi connectivity index (χ3n) is 4.77. The summed E-state index contributed by atoms with van der Waals surface area (Å²) in [5.74, 6) is 0.279. The maximum atomic E-state index is 13.9. The van der Waals surface area contributed by atoms with Crippen molar-refractivity contribution < 1.29 is 18.0 Å². The molecule has 1 nitrogen and oxygen atoms in total. The average molecular weight is 386 g/mol. The van der Waals surface area contributed by atoms with Gasteiger partial charge in [-0.15, -0.1) is 0 Å². The lowest BCUT2D eigenvalue weighted by atomic mass is 9.97. The van der Waals surface area contributed by atoms with Gasteiger partial charge in [0.05, 0.1) is 5.57 Å². The van der Waals surface area contributed by atoms with Gasteiger partial charge in [0.15, 0.2) is 0 Å². The highest BCUT2D eigenvalue weighted by molar-refractivity contribution is 5.90. The first kappa shape index (κ1) is 21.7. The normalized spacial score (nSPS) is 13.8. The van der Waals surface area contributed by atoms with E-state index in [1.54, 1.807) is 13.0 Å². The van der Waals surface area contributed by atoms with Crippen LogP contribution in [0.2, 0.25) is 0 Å². The molecule has 0 unspecified atom stereocenters. The van der Waals surface area contributed by atoms with E-state index in [1.165, 1.54) is 18.2 Å². The number of hydrogen-bond donors (Lipinski definition) is 0. The summed E-state index contributed by atoms with van der Waals surface area (Å²) in [6.07, 6.45) is 1.31. The number of hydrogen-bond acceptors (Lipinski definition) is 1. The summed E-state index contributed by atoms with van der Waals surface area (Å²) in [5.41, 5.74) is 4.26. The van der Waals surface area contributed by atoms with E-state index in [0.29, 0.717) is 17.4 Å². The Morgan fingerprint density at radius 1 is 1.04 bits per heavy atom. The number of fused-ring (bicyclic) bond motifs is 1. The van der Waals surface area contributed by atoms with E-state index >= 15 is 0 Å². The Hall–Kier alpha value is -2.62. The van der Waals surface area contributed by atoms with Crippen LogP contribution in [0.4, 0.5) is 13.2 Å². The van der Waals surface area contributed by atoms with Crippen LogP contribution in [0.3, 0.4) is 0 Å². The summed E-state index contributed by atoms with van der Waals surface area (Å²) in [6, 6.07) is 7.48. The lowest BCUT2D eigenvalue weighted by Gasteiger charge is -2.13. The second-order valence-corrected chi connectivity index (χ2v) is 7.33. The van der Waals surface area contributed by atoms with Crippen molar-refractivity contribution in [1.29, 1.82) is 0 Å². The Morgan fingerprint density at radius 3 is 2.29 bits per heavy atom. The highest BCUT2D eigenvalue weighted by Gasteiger charge is 2.37. The molecule has 0 aliphatic heterocycles. The molecule has 2 rings (SSSR count). The Kier molecular flexibility index (Phi) is 6.65. The third kappa shape index (κ3) is 4.80. The SMILES string of the molecule is CC(C=CC=C(c1cc(C)c2cc(C(C)C)ccc(C)c1-2)C(F)(F)F)=CC=O. The second kappa shape index (κ2) is 8.59. The molecule has 0 aromatic rings. The minimum Gasteiger partial charge on any atom is -0.299 e. The molecule has 0 fully saturated rings. The van der Waals surface area contributed by atoms with Crippen molar-refractivity contribution in [2.24, 2.45) is 0 Å². The zero-order valence-electron chi connectivity index (χ0n) is 16.8. The van der Waals surface area contributed by atoms with Gasteiger partial charge in [-0.05, 0) is 77.8 Å². The molecule has 0 N–H and O–H groups in total. The van der Waals surface area contributed by atoms with Gasteiger partial charge in [0.2, 0.25) is 0 Å². The molecule has 0 amide bonds. The summed E-state index contributed by atoms with van der Waals surface area (Å²) < 4.78 is 41.6. The maximum Gasteiger partial charge on any atom is 0.417 e. The van der Waals surface area contributed by atoms with Crippen LogP contribution < -0.4 is 0 Å². The minimum atomic E-state index is -4.50. The number of carbonyl (C=O) groups is 1. The molecule has 0 aromatic carbocycles. The van der Waals surface area contributed by atoms with Crippen LogP contribution in [0, 0.1) is 13.8 Å². The topological polar surface area (TPSA) is 17.1 Å². The van der Waals surface area contributed by atoms with Gasteiger partial charge < -0.3 is 0 Å². The fourth-order valence-corrected chi connectivity index (χ4v) is 3.21. The first-order valence-corrected chi connectivity index (χ1v) is 9.18. The number of alkyl halides is 3. The van der Waals surface area contributed by atoms with Crippen LogP contribution in [0.15, 0.2) is 54.1 Å². The van der Waals surface area contributed by atoms with Gasteiger partial charge >= 0.3 is 6.18 Å². The minimum absolute atomic E-state index is 0.185. The van der Waals surface area contributed by atoms with Gasteiger partial charge in [-0.3, -0.25) is 4.79 Å². The fraction of sp³-hybridized carbons (Fsp3) is 0.292. The number of carbonyl (C=O) groups excluding carboxylic acids is 1. The largest absolute Gasteiger partial charge is 0.417 e. The van der Waals surface area contributed by atoms with Crippen molar-refractivity contribution in [2.45, 2.75) is 46.7 Å². The summed E-state index contributed by atoms with van der Waals surface area (Å²) in [5, 5.41) is 0. The van der Waals surface area contributed by atoms with Gasteiger partial charge in [-0.1, -0.05) is 50.3 Å². The molecule has 0 saturated carbocycles. The van der Waals surface area contributed by atoms with Crippen LogP contribution in [-0.4, -0.2) is 12.5 Å². The third-order valence-corrected chi connectivity index (χ3v) is 4.77. The zero-order chi connectivity index (χ0) is 21.1. The summed E-state index contributed by atoms with van der Waals surface area (Å²) in [6.45, 7) is 9.48. The predicted molar refractivity (Wildman–Crippen MR) is 110 cm³/mol. The van der Waals surface area contributed by atoms with E-state index in [-0.39, 0.29) is 11.5 Å². The van der Waals surface area contributed by atoms with E-state index in [2.05, 4.69) is 13.8 Å². The monoisotopic (exact) mass is 386 g/mol. The van der Waals surface area contributed by atoms with Crippen molar-refractivity contribution in [2.75, 3.05) is 0 Å². The molecule has 2 aliphatic carbocycles. The highest BCUT2D eigenvalue weighted by Crippen LogP contribution is 2.44. The molecule has 0 aromatic heterocycles. The average Bonchev–Trinajstić information content (AvgIpc) is 2.78. The first-order valence-electron chi connectivity index (χ1n) is 9.18. The Bertz CT molecular complexity index is 928. The van der Waals surface area contributed by atoms with Gasteiger partial charge in [0.1, 0.15) is 6.29 Å². The molecule has 0 radical (unpaired) electrons. The Balaban J connectivity index is 2.70. The molecular weight excluding hydrogens is 361 g/mol. The molecule has 28 heavy (non-hydrogen) atoms. The summed E-state index contributed by atoms with van der Waals surface area (Å²) in [7, 11) is 0. The first-order chi connectivity index (χ1) is 13.1. The Labute approximate surface area is 164 Å². The molecule has 0 saturated heterocycles. The lowest BCUT2D eigenvalue weighted by Crippen LogP contribution is -2.10. The molecular formula is C24H25F3O. The van der Waals surface area contributed by atoms with Crippen molar-refractivity contribution in [3.63, 3.8) is 0 Å². The van der Waals surface area contributed by atoms with Gasteiger partial charge in [0, 0.05) is 0 Å². The van der Waals surface area contributed by atoms with E-state index in [9.17, 15) is 18.0 Å². The van der Waals surface area contributed by atoms with E-state index in [1.807, 2.05) is 32.0 Å². The van der Waals surface area contributed by atoms with E-state index < -0.39 is 11.7 Å². The fourth-order valence-electron chi connectivity index (χ4n) is 3.21. The number of aryl methyl sites for hydroxylation is 2. The van der Waals surface area contributed by atoms with Crippen molar-refractivity contribution in [3.8, 4) is 11.1 Å². The van der Waals surface area contributed by atoms with Crippen LogP contribution in [-0.2, 0) is 4.79 Å². The zero-order valence-corrected chi connectivity index (χ0v) is 16.8. The van der Waals surface area contributed by atoms with E-state index in [0.717, 1.165) is 28.3 Å². The van der Waals surface area contributed by atoms with E-state index in [4.69, 9.17) is 0 Å². The molecule has 4 heteroatoms. The smallest absolute Gasteiger partial charge is 0.299 e. The van der Waals surface area contributed by atoms with Gasteiger partial charge in [-0.25, -0.2) is 0 Å². The predicted octanol–water partition coefficient (Wildman–Crippen LogP) is 7.18. The van der Waals surface area contributed by atoms with Gasteiger partial charge in [0.25, 0.3) is 0 Å². The summed E-state index contributed by atoms with van der Waals surface area (Å²) in [4.78, 5) is 10.5. The maximum absolute atomic E-state index is 13.9. The molecule has 148 valence electrons. The van der Waals surface area contributed by atoms with Crippen molar-refractivity contribution in [1.82, 2.24) is 0 Å². The van der Waals surface area contributed by atoms with Crippen LogP contribution in [0.5, 0.6) is 0 Å². The number of allylic oxidation sites excluding steroid dienone is 6. The quantitative estimate of drug-likeness (QED) is 0.302. The second-order valence-electron chi connectivity index (χ2n) is 7.33. The molecule has 0 atom stereocenters. The van der Waals surface area contributed by atoms with Gasteiger partial charge in [-0.2, -0.15) is 13.2 Å². The molecule has 0 bridgehead atoms. The number of rotatable bonds is 5. The molecule has 2 aliphatic rings. The lowest BCUT2D eigenvalue weighted by molar-refractivity contribution is -0.104.